The van der Waals surface area contributed by atoms with Crippen LogP contribution in [0.4, 0.5) is 5.69 Å². The number of fused-ring (bicyclic) bond motifs is 1. The number of carbonyl (C=O) groups excluding carboxylic acids is 3. The highest BCUT2D eigenvalue weighted by Crippen LogP contribution is 2.29. The first-order chi connectivity index (χ1) is 15.0. The van der Waals surface area contributed by atoms with Crippen molar-refractivity contribution >= 4 is 29.4 Å². The number of ether oxygens (including phenoxy) is 3. The number of anilines is 1. The molecule has 2 aromatic rings. The first-order valence-corrected chi connectivity index (χ1v) is 10.2. The van der Waals surface area contributed by atoms with Crippen LogP contribution in [0.25, 0.3) is 6.08 Å². The van der Waals surface area contributed by atoms with Crippen molar-refractivity contribution in [1.82, 2.24) is 0 Å². The third-order valence-electron chi connectivity index (χ3n) is 4.65. The second-order valence-corrected chi connectivity index (χ2v) is 6.86. The molecule has 162 valence electrons. The highest BCUT2D eigenvalue weighted by atomic mass is 16.5. The topological polar surface area (TPSA) is 90.9 Å². The van der Waals surface area contributed by atoms with Crippen molar-refractivity contribution in [2.24, 2.45) is 0 Å². The minimum absolute atomic E-state index is 0.0341. The van der Waals surface area contributed by atoms with E-state index in [1.807, 2.05) is 13.8 Å². The summed E-state index contributed by atoms with van der Waals surface area (Å²) >= 11 is 0. The molecule has 1 aliphatic heterocycles. The van der Waals surface area contributed by atoms with Gasteiger partial charge in [0.05, 0.1) is 13.2 Å². The van der Waals surface area contributed by atoms with Crippen LogP contribution in [0.3, 0.4) is 0 Å². The lowest BCUT2D eigenvalue weighted by atomic mass is 9.99. The van der Waals surface area contributed by atoms with Gasteiger partial charge in [-0.15, -0.1) is 0 Å². The van der Waals surface area contributed by atoms with Crippen molar-refractivity contribution < 1.29 is 28.6 Å². The Labute approximate surface area is 181 Å². The van der Waals surface area contributed by atoms with E-state index in [0.29, 0.717) is 43.1 Å². The van der Waals surface area contributed by atoms with Crippen LogP contribution in [-0.4, -0.2) is 37.5 Å². The molecule has 7 nitrogen and oxygen atoms in total. The van der Waals surface area contributed by atoms with Gasteiger partial charge in [0, 0.05) is 23.7 Å². The summed E-state index contributed by atoms with van der Waals surface area (Å²) in [7, 11) is 0. The van der Waals surface area contributed by atoms with Gasteiger partial charge in [-0.1, -0.05) is 6.07 Å². The Balaban J connectivity index is 1.57. The van der Waals surface area contributed by atoms with E-state index in [4.69, 9.17) is 14.2 Å². The van der Waals surface area contributed by atoms with Gasteiger partial charge >= 0.3 is 5.97 Å². The lowest BCUT2D eigenvalue weighted by Crippen LogP contribution is -2.20. The highest BCUT2D eigenvalue weighted by molar-refractivity contribution is 6.00. The number of Topliss-reactive ketones (excluding diaryl/α,β-unsaturated/α-hetero) is 1. The van der Waals surface area contributed by atoms with Gasteiger partial charge in [0.2, 0.25) is 5.91 Å². The fourth-order valence-corrected chi connectivity index (χ4v) is 3.16. The monoisotopic (exact) mass is 423 g/mol. The number of amides is 1. The number of hydrogen-bond donors (Lipinski definition) is 1. The van der Waals surface area contributed by atoms with Gasteiger partial charge in [-0.25, -0.2) is 4.79 Å². The molecule has 1 aliphatic rings. The summed E-state index contributed by atoms with van der Waals surface area (Å²) in [5, 5.41) is 2.77. The summed E-state index contributed by atoms with van der Waals surface area (Å²) in [4.78, 5) is 35.8. The average molecular weight is 423 g/mol. The zero-order valence-electron chi connectivity index (χ0n) is 17.6. The fourth-order valence-electron chi connectivity index (χ4n) is 3.16. The van der Waals surface area contributed by atoms with Crippen LogP contribution in [0, 0.1) is 0 Å². The van der Waals surface area contributed by atoms with Gasteiger partial charge < -0.3 is 19.5 Å². The summed E-state index contributed by atoms with van der Waals surface area (Å²) in [6.45, 7) is 4.43. The molecule has 0 aliphatic carbocycles. The van der Waals surface area contributed by atoms with Gasteiger partial charge in [-0.3, -0.25) is 9.59 Å². The predicted molar refractivity (Wildman–Crippen MR) is 116 cm³/mol. The van der Waals surface area contributed by atoms with E-state index in [1.165, 1.54) is 6.08 Å². The lowest BCUT2D eigenvalue weighted by molar-refractivity contribution is -0.136. The summed E-state index contributed by atoms with van der Waals surface area (Å²) in [5.41, 5.74) is 2.80. The first-order valence-electron chi connectivity index (χ1n) is 10.2. The molecule has 3 rings (SSSR count). The molecular formula is C24H25NO6. The third-order valence-corrected chi connectivity index (χ3v) is 4.65. The van der Waals surface area contributed by atoms with Crippen molar-refractivity contribution in [3.05, 3.63) is 59.2 Å². The molecule has 0 saturated heterocycles. The molecule has 2 aromatic carbocycles. The Hall–Kier alpha value is -3.61. The number of hydrogen-bond acceptors (Lipinski definition) is 6. The van der Waals surface area contributed by atoms with Crippen LogP contribution in [-0.2, 0) is 20.7 Å². The van der Waals surface area contributed by atoms with Crippen molar-refractivity contribution in [1.29, 1.82) is 0 Å². The minimum atomic E-state index is -0.620. The fraction of sp³-hybridized carbons (Fsp3) is 0.292. The summed E-state index contributed by atoms with van der Waals surface area (Å²) in [6.07, 6.45) is 3.82. The molecule has 1 heterocycles. The number of rotatable bonds is 9. The van der Waals surface area contributed by atoms with Gasteiger partial charge in [0.25, 0.3) is 0 Å². The van der Waals surface area contributed by atoms with Crippen LogP contribution in [0.15, 0.2) is 42.5 Å². The molecule has 7 heteroatoms. The Morgan fingerprint density at radius 3 is 2.55 bits per heavy atom. The number of ketones is 1. The molecule has 31 heavy (non-hydrogen) atoms. The lowest BCUT2D eigenvalue weighted by Gasteiger charge is -2.17. The number of aryl methyl sites for hydroxylation is 1. The molecule has 0 radical (unpaired) electrons. The van der Waals surface area contributed by atoms with E-state index >= 15 is 0 Å². The number of benzene rings is 2. The zero-order chi connectivity index (χ0) is 22.2. The van der Waals surface area contributed by atoms with Gasteiger partial charge in [0.1, 0.15) is 0 Å². The SMILES string of the molecule is CCOc1ccc(/C=C/C(=O)OCC(=O)c2ccc3c(c2)CCC(=O)N3)cc1OCC. The van der Waals surface area contributed by atoms with E-state index in [0.717, 1.165) is 16.8 Å². The average Bonchev–Trinajstić information content (AvgIpc) is 2.77. The quantitative estimate of drug-likeness (QED) is 0.375. The molecule has 0 spiro atoms. The standard InChI is InChI=1S/C24H25NO6/c1-3-29-21-10-5-16(13-22(21)30-4-2)6-12-24(28)31-15-20(26)18-7-9-19-17(14-18)8-11-23(27)25-19/h5-7,9-10,12-14H,3-4,8,11,15H2,1-2H3,(H,25,27)/b12-6+. The van der Waals surface area contributed by atoms with Crippen molar-refractivity contribution in [3.8, 4) is 11.5 Å². The maximum atomic E-state index is 12.4. The molecule has 1 amide bonds. The van der Waals surface area contributed by atoms with Gasteiger partial charge in [-0.2, -0.15) is 0 Å². The Morgan fingerprint density at radius 2 is 1.77 bits per heavy atom. The molecule has 0 bridgehead atoms. The van der Waals surface area contributed by atoms with E-state index < -0.39 is 5.97 Å². The minimum Gasteiger partial charge on any atom is -0.490 e. The predicted octanol–water partition coefficient (Wildman–Crippen LogP) is 3.81. The number of carbonyl (C=O) groups is 3. The largest absolute Gasteiger partial charge is 0.490 e. The maximum absolute atomic E-state index is 12.4. The van der Waals surface area contributed by atoms with E-state index in [9.17, 15) is 14.4 Å². The summed E-state index contributed by atoms with van der Waals surface area (Å²) in [6, 6.07) is 10.4. The summed E-state index contributed by atoms with van der Waals surface area (Å²) in [5.74, 6) is 0.276. The molecule has 0 atom stereocenters. The second-order valence-electron chi connectivity index (χ2n) is 6.86. The van der Waals surface area contributed by atoms with Crippen LogP contribution >= 0.6 is 0 Å². The van der Waals surface area contributed by atoms with Crippen LogP contribution in [0.5, 0.6) is 11.5 Å². The molecule has 0 fully saturated rings. The second kappa shape index (κ2) is 10.4. The van der Waals surface area contributed by atoms with Gasteiger partial charge in [0.15, 0.2) is 23.9 Å². The van der Waals surface area contributed by atoms with Crippen molar-refractivity contribution in [2.75, 3.05) is 25.1 Å². The molecule has 0 saturated carbocycles. The number of esters is 1. The normalized spacial score (nSPS) is 12.8. The Morgan fingerprint density at radius 1 is 1.00 bits per heavy atom. The van der Waals surface area contributed by atoms with E-state index in [2.05, 4.69) is 5.32 Å². The summed E-state index contributed by atoms with van der Waals surface area (Å²) < 4.78 is 16.2. The van der Waals surface area contributed by atoms with Gasteiger partial charge in [-0.05, 0) is 67.8 Å². The molecule has 0 aromatic heterocycles. The van der Waals surface area contributed by atoms with E-state index in [1.54, 1.807) is 42.5 Å². The highest BCUT2D eigenvalue weighted by Gasteiger charge is 2.17. The maximum Gasteiger partial charge on any atom is 0.331 e. The van der Waals surface area contributed by atoms with E-state index in [-0.39, 0.29) is 18.3 Å². The van der Waals surface area contributed by atoms with Crippen molar-refractivity contribution in [3.63, 3.8) is 0 Å². The number of nitrogens with one attached hydrogen (secondary N) is 1. The molecular weight excluding hydrogens is 398 g/mol. The molecule has 1 N–H and O–H groups in total. The zero-order valence-corrected chi connectivity index (χ0v) is 17.6. The van der Waals surface area contributed by atoms with Crippen molar-refractivity contribution in [2.45, 2.75) is 26.7 Å². The first kappa shape index (κ1) is 22.1. The Kier molecular flexibility index (Phi) is 7.43. The van der Waals surface area contributed by atoms with Crippen LogP contribution in [0.2, 0.25) is 0 Å². The Bertz CT molecular complexity index is 1010. The van der Waals surface area contributed by atoms with Crippen LogP contribution < -0.4 is 14.8 Å². The molecule has 0 unspecified atom stereocenters. The van der Waals surface area contributed by atoms with Crippen LogP contribution in [0.1, 0.15) is 41.8 Å². The smallest absolute Gasteiger partial charge is 0.331 e. The third kappa shape index (κ3) is 5.94.